The van der Waals surface area contributed by atoms with Crippen molar-refractivity contribution in [3.63, 3.8) is 0 Å². The van der Waals surface area contributed by atoms with Gasteiger partial charge in [0.25, 0.3) is 0 Å². The molecule has 0 fully saturated rings. The second-order valence-electron chi connectivity index (χ2n) is 5.41. The third kappa shape index (κ3) is 4.99. The molecule has 0 saturated carbocycles. The minimum atomic E-state index is -0.240. The lowest BCUT2D eigenvalue weighted by molar-refractivity contribution is 0.374. The van der Waals surface area contributed by atoms with Gasteiger partial charge in [0.1, 0.15) is 5.82 Å². The van der Waals surface area contributed by atoms with Crippen LogP contribution in [0.1, 0.15) is 42.8 Å². The molecule has 9 heteroatoms. The molecule has 1 N–H and O–H groups in total. The number of halogens is 1. The molecule has 0 aliphatic carbocycles. The first-order valence-electron chi connectivity index (χ1n) is 7.95. The van der Waals surface area contributed by atoms with Crippen LogP contribution in [0.5, 0.6) is 0 Å². The van der Waals surface area contributed by atoms with E-state index in [9.17, 15) is 4.39 Å². The number of hydrogen-bond donors (Lipinski definition) is 1. The lowest BCUT2D eigenvalue weighted by Crippen LogP contribution is -1.98. The van der Waals surface area contributed by atoms with Gasteiger partial charge in [-0.2, -0.15) is 4.98 Å². The standard InChI is InChI=1S/C16H18FN5OS2/c1-3-4-13-19-14(23-22-13)10(2)24-16-21-20-15(25-16)18-9-11-5-7-12(17)8-6-11/h5-8,10H,3-4,9H2,1-2H3,(H,18,20). The van der Waals surface area contributed by atoms with Gasteiger partial charge in [-0.25, -0.2) is 4.39 Å². The van der Waals surface area contributed by atoms with Gasteiger partial charge in [-0.05, 0) is 31.0 Å². The van der Waals surface area contributed by atoms with E-state index in [0.29, 0.717) is 12.4 Å². The summed E-state index contributed by atoms with van der Waals surface area (Å²) in [5.41, 5.74) is 0.980. The molecule has 1 aromatic carbocycles. The summed E-state index contributed by atoms with van der Waals surface area (Å²) in [5.74, 6) is 1.10. The van der Waals surface area contributed by atoms with Gasteiger partial charge in [0.05, 0.1) is 5.25 Å². The molecule has 6 nitrogen and oxygen atoms in total. The van der Waals surface area contributed by atoms with Gasteiger partial charge < -0.3 is 9.84 Å². The van der Waals surface area contributed by atoms with Gasteiger partial charge in [-0.1, -0.05) is 47.3 Å². The lowest BCUT2D eigenvalue weighted by Gasteiger charge is -2.02. The summed E-state index contributed by atoms with van der Waals surface area (Å²) >= 11 is 2.99. The van der Waals surface area contributed by atoms with Crippen LogP contribution in [0.4, 0.5) is 9.52 Å². The van der Waals surface area contributed by atoms with E-state index in [0.717, 1.165) is 33.7 Å². The van der Waals surface area contributed by atoms with Gasteiger partial charge in [0.2, 0.25) is 11.0 Å². The number of aromatic nitrogens is 4. The third-order valence-electron chi connectivity index (χ3n) is 3.35. The largest absolute Gasteiger partial charge is 0.356 e. The Balaban J connectivity index is 1.54. The molecule has 25 heavy (non-hydrogen) atoms. The molecule has 0 radical (unpaired) electrons. The van der Waals surface area contributed by atoms with Crippen LogP contribution in [0.2, 0.25) is 0 Å². The summed E-state index contributed by atoms with van der Waals surface area (Å²) in [4.78, 5) is 4.40. The highest BCUT2D eigenvalue weighted by molar-refractivity contribution is 8.01. The normalized spacial score (nSPS) is 12.3. The number of thioether (sulfide) groups is 1. The highest BCUT2D eigenvalue weighted by Gasteiger charge is 2.17. The summed E-state index contributed by atoms with van der Waals surface area (Å²) in [6.45, 7) is 4.65. The van der Waals surface area contributed by atoms with E-state index in [1.165, 1.54) is 35.2 Å². The van der Waals surface area contributed by atoms with Crippen molar-refractivity contribution in [2.45, 2.75) is 42.8 Å². The fourth-order valence-corrected chi connectivity index (χ4v) is 3.99. The summed E-state index contributed by atoms with van der Waals surface area (Å²) < 4.78 is 19.0. The summed E-state index contributed by atoms with van der Waals surface area (Å²) in [6.07, 6.45) is 1.80. The number of nitrogens with zero attached hydrogens (tertiary/aromatic N) is 4. The molecule has 2 aromatic heterocycles. The van der Waals surface area contributed by atoms with E-state index < -0.39 is 0 Å². The Bertz CT molecular complexity index is 805. The molecule has 132 valence electrons. The highest BCUT2D eigenvalue weighted by atomic mass is 32.2. The number of hydrogen-bond acceptors (Lipinski definition) is 8. The van der Waals surface area contributed by atoms with Crippen molar-refractivity contribution in [2.24, 2.45) is 0 Å². The van der Waals surface area contributed by atoms with Crippen LogP contribution in [0, 0.1) is 5.82 Å². The van der Waals surface area contributed by atoms with Crippen molar-refractivity contribution in [2.75, 3.05) is 5.32 Å². The van der Waals surface area contributed by atoms with Crippen LogP contribution < -0.4 is 5.32 Å². The maximum atomic E-state index is 12.9. The maximum Gasteiger partial charge on any atom is 0.239 e. The van der Waals surface area contributed by atoms with E-state index in [1.54, 1.807) is 12.1 Å². The first-order chi connectivity index (χ1) is 12.1. The van der Waals surface area contributed by atoms with E-state index in [-0.39, 0.29) is 11.1 Å². The average molecular weight is 379 g/mol. The third-order valence-corrected chi connectivity index (χ3v) is 5.40. The van der Waals surface area contributed by atoms with Gasteiger partial charge in [0, 0.05) is 13.0 Å². The van der Waals surface area contributed by atoms with Crippen LogP contribution in [0.15, 0.2) is 33.1 Å². The quantitative estimate of drug-likeness (QED) is 0.578. The van der Waals surface area contributed by atoms with Crippen molar-refractivity contribution in [1.29, 1.82) is 0 Å². The van der Waals surface area contributed by atoms with Gasteiger partial charge in [0.15, 0.2) is 10.2 Å². The fraction of sp³-hybridized carbons (Fsp3) is 0.375. The van der Waals surface area contributed by atoms with Crippen molar-refractivity contribution >= 4 is 28.2 Å². The van der Waals surface area contributed by atoms with Crippen molar-refractivity contribution in [1.82, 2.24) is 20.3 Å². The Morgan fingerprint density at radius 2 is 2.08 bits per heavy atom. The Morgan fingerprint density at radius 1 is 1.28 bits per heavy atom. The van der Waals surface area contributed by atoms with Crippen LogP contribution in [-0.2, 0) is 13.0 Å². The fourth-order valence-electron chi connectivity index (χ4n) is 2.07. The molecular formula is C16H18FN5OS2. The summed E-state index contributed by atoms with van der Waals surface area (Å²) in [7, 11) is 0. The molecule has 3 aromatic rings. The molecule has 0 saturated heterocycles. The van der Waals surface area contributed by atoms with E-state index >= 15 is 0 Å². The molecular weight excluding hydrogens is 361 g/mol. The lowest BCUT2D eigenvalue weighted by atomic mass is 10.2. The van der Waals surface area contributed by atoms with Crippen LogP contribution >= 0.6 is 23.1 Å². The zero-order valence-electron chi connectivity index (χ0n) is 13.9. The van der Waals surface area contributed by atoms with Crippen molar-refractivity contribution < 1.29 is 8.91 Å². The highest BCUT2D eigenvalue weighted by Crippen LogP contribution is 2.36. The van der Waals surface area contributed by atoms with Crippen molar-refractivity contribution in [3.05, 3.63) is 47.4 Å². The monoisotopic (exact) mass is 379 g/mol. The number of nitrogens with one attached hydrogen (secondary N) is 1. The molecule has 0 aliphatic heterocycles. The first-order valence-corrected chi connectivity index (χ1v) is 9.64. The van der Waals surface area contributed by atoms with Gasteiger partial charge in [-0.15, -0.1) is 10.2 Å². The van der Waals surface area contributed by atoms with E-state index in [4.69, 9.17) is 4.52 Å². The zero-order valence-corrected chi connectivity index (χ0v) is 15.5. The zero-order chi connectivity index (χ0) is 17.6. The topological polar surface area (TPSA) is 76.7 Å². The van der Waals surface area contributed by atoms with E-state index in [1.807, 2.05) is 6.92 Å². The summed E-state index contributed by atoms with van der Waals surface area (Å²) in [6, 6.07) is 6.36. The minimum absolute atomic E-state index is 0.0102. The van der Waals surface area contributed by atoms with Crippen LogP contribution in [0.3, 0.4) is 0 Å². The molecule has 1 atom stereocenters. The Morgan fingerprint density at radius 3 is 2.84 bits per heavy atom. The molecule has 3 rings (SSSR count). The number of benzene rings is 1. The molecule has 0 aliphatic rings. The smallest absolute Gasteiger partial charge is 0.239 e. The van der Waals surface area contributed by atoms with Crippen molar-refractivity contribution in [3.8, 4) is 0 Å². The number of rotatable bonds is 8. The Labute approximate surface area is 153 Å². The minimum Gasteiger partial charge on any atom is -0.356 e. The maximum absolute atomic E-state index is 12.9. The second kappa shape index (κ2) is 8.39. The van der Waals surface area contributed by atoms with E-state index in [2.05, 4.69) is 32.6 Å². The molecule has 2 heterocycles. The van der Waals surface area contributed by atoms with Crippen LogP contribution in [-0.4, -0.2) is 20.3 Å². The molecule has 0 bridgehead atoms. The SMILES string of the molecule is CCCc1noc(C(C)Sc2nnc(NCc3ccc(F)cc3)s2)n1. The van der Waals surface area contributed by atoms with Crippen LogP contribution in [0.25, 0.3) is 0 Å². The predicted octanol–water partition coefficient (Wildman–Crippen LogP) is 4.48. The second-order valence-corrected chi connectivity index (χ2v) is 7.98. The average Bonchev–Trinajstić information content (AvgIpc) is 3.24. The molecule has 1 unspecified atom stereocenters. The first kappa shape index (κ1) is 17.8. The predicted molar refractivity (Wildman–Crippen MR) is 96.2 cm³/mol. The molecule has 0 amide bonds. The number of anilines is 1. The Kier molecular flexibility index (Phi) is 5.98. The van der Waals surface area contributed by atoms with Gasteiger partial charge >= 0.3 is 0 Å². The molecule has 0 spiro atoms. The van der Waals surface area contributed by atoms with Gasteiger partial charge in [-0.3, -0.25) is 0 Å². The Hall–Kier alpha value is -2.00. The number of aryl methyl sites for hydroxylation is 1. The summed E-state index contributed by atoms with van der Waals surface area (Å²) in [5, 5.41) is 16.2.